The van der Waals surface area contributed by atoms with Crippen LogP contribution in [-0.2, 0) is 0 Å². The van der Waals surface area contributed by atoms with Gasteiger partial charge in [-0.1, -0.05) is 12.2 Å². The minimum absolute atomic E-state index is 0.260. The molecule has 0 bridgehead atoms. The molecular formula is C8H17N3S. The fraction of sp³-hybridized carbons (Fsp3) is 0.875. The minimum atomic E-state index is 0.260. The Balaban J connectivity index is 2.29. The van der Waals surface area contributed by atoms with Crippen molar-refractivity contribution in [2.45, 2.75) is 19.0 Å². The summed E-state index contributed by atoms with van der Waals surface area (Å²) in [4.78, 5) is 5.14. The van der Waals surface area contributed by atoms with Crippen LogP contribution in [0.5, 0.6) is 0 Å². The second kappa shape index (κ2) is 3.68. The lowest BCUT2D eigenvalue weighted by Gasteiger charge is -2.45. The highest BCUT2D eigenvalue weighted by molar-refractivity contribution is 7.80. The third-order valence-corrected chi connectivity index (χ3v) is 2.92. The van der Waals surface area contributed by atoms with Gasteiger partial charge in [-0.15, -0.1) is 0 Å². The van der Waals surface area contributed by atoms with Crippen molar-refractivity contribution in [3.05, 3.63) is 0 Å². The fourth-order valence-corrected chi connectivity index (χ4v) is 1.46. The van der Waals surface area contributed by atoms with Crippen molar-refractivity contribution in [3.63, 3.8) is 0 Å². The van der Waals surface area contributed by atoms with E-state index in [0.29, 0.717) is 11.0 Å². The van der Waals surface area contributed by atoms with Gasteiger partial charge in [0, 0.05) is 19.1 Å². The average Bonchev–Trinajstić information content (AvgIpc) is 1.82. The molecule has 1 aliphatic rings. The van der Waals surface area contributed by atoms with Crippen LogP contribution in [0, 0.1) is 0 Å². The minimum Gasteiger partial charge on any atom is -0.392 e. The smallest absolute Gasteiger partial charge is 0.0899 e. The Labute approximate surface area is 79.5 Å². The molecular weight excluding hydrogens is 170 g/mol. The summed E-state index contributed by atoms with van der Waals surface area (Å²) in [5, 5.41) is 0. The summed E-state index contributed by atoms with van der Waals surface area (Å²) < 4.78 is 0. The molecule has 4 heteroatoms. The Hall–Kier alpha value is -0.190. The van der Waals surface area contributed by atoms with Crippen LogP contribution in [0.3, 0.4) is 0 Å². The monoisotopic (exact) mass is 187 g/mol. The Morgan fingerprint density at radius 1 is 1.58 bits per heavy atom. The predicted octanol–water partition coefficient (Wildman–Crippen LogP) is -0.0932. The van der Waals surface area contributed by atoms with Crippen molar-refractivity contribution < 1.29 is 0 Å². The van der Waals surface area contributed by atoms with E-state index in [1.165, 1.54) is 0 Å². The van der Waals surface area contributed by atoms with E-state index in [1.807, 2.05) is 0 Å². The Bertz CT molecular complexity index is 175. The molecule has 2 N–H and O–H groups in total. The third kappa shape index (κ3) is 1.94. The lowest BCUT2D eigenvalue weighted by atomic mass is 10.1. The molecule has 1 rings (SSSR count). The standard InChI is InChI=1S/C8H17N3S/c1-6(8(9)12)11-4-7(5-11)10(2)3/h6-7H,4-5H2,1-3H3,(H2,9,12). The molecule has 0 radical (unpaired) electrons. The second-order valence-corrected chi connectivity index (χ2v) is 4.12. The SMILES string of the molecule is CC(C(N)=S)N1CC(N(C)C)C1. The van der Waals surface area contributed by atoms with Crippen LogP contribution in [0.2, 0.25) is 0 Å². The molecule has 0 aliphatic carbocycles. The van der Waals surface area contributed by atoms with Crippen LogP contribution in [0.1, 0.15) is 6.92 Å². The highest BCUT2D eigenvalue weighted by Crippen LogP contribution is 2.15. The van der Waals surface area contributed by atoms with Crippen LogP contribution in [0.4, 0.5) is 0 Å². The number of hydrogen-bond donors (Lipinski definition) is 1. The van der Waals surface area contributed by atoms with Crippen LogP contribution in [-0.4, -0.2) is 54.1 Å². The molecule has 1 saturated heterocycles. The van der Waals surface area contributed by atoms with Gasteiger partial charge in [0.15, 0.2) is 0 Å². The first-order valence-corrected chi connectivity index (χ1v) is 4.63. The molecule has 1 atom stereocenters. The zero-order valence-electron chi connectivity index (χ0n) is 7.95. The summed E-state index contributed by atoms with van der Waals surface area (Å²) in [5.41, 5.74) is 5.54. The maximum atomic E-state index is 5.54. The lowest BCUT2D eigenvalue weighted by Crippen LogP contribution is -2.62. The Morgan fingerprint density at radius 2 is 2.08 bits per heavy atom. The first-order chi connectivity index (χ1) is 5.52. The number of likely N-dealkylation sites (tertiary alicyclic amines) is 1. The van der Waals surface area contributed by atoms with Crippen molar-refractivity contribution in [2.75, 3.05) is 27.2 Å². The van der Waals surface area contributed by atoms with E-state index in [-0.39, 0.29) is 6.04 Å². The van der Waals surface area contributed by atoms with E-state index in [2.05, 4.69) is 30.8 Å². The molecule has 1 heterocycles. The summed E-state index contributed by atoms with van der Waals surface area (Å²) in [6.07, 6.45) is 0. The molecule has 0 aromatic heterocycles. The summed E-state index contributed by atoms with van der Waals surface area (Å²) in [6, 6.07) is 0.943. The van der Waals surface area contributed by atoms with E-state index in [1.54, 1.807) is 0 Å². The van der Waals surface area contributed by atoms with Gasteiger partial charge in [0.2, 0.25) is 0 Å². The summed E-state index contributed by atoms with van der Waals surface area (Å²) >= 11 is 4.92. The van der Waals surface area contributed by atoms with E-state index in [9.17, 15) is 0 Å². The van der Waals surface area contributed by atoms with Gasteiger partial charge in [-0.05, 0) is 21.0 Å². The number of hydrogen-bond acceptors (Lipinski definition) is 3. The van der Waals surface area contributed by atoms with Gasteiger partial charge in [-0.25, -0.2) is 0 Å². The van der Waals surface area contributed by atoms with Gasteiger partial charge in [-0.3, -0.25) is 4.90 Å². The summed E-state index contributed by atoms with van der Waals surface area (Å²) in [7, 11) is 4.21. The fourth-order valence-electron chi connectivity index (χ4n) is 1.31. The molecule has 70 valence electrons. The molecule has 1 unspecified atom stereocenters. The van der Waals surface area contributed by atoms with Crippen LogP contribution >= 0.6 is 12.2 Å². The molecule has 12 heavy (non-hydrogen) atoms. The van der Waals surface area contributed by atoms with E-state index >= 15 is 0 Å². The lowest BCUT2D eigenvalue weighted by molar-refractivity contribution is 0.0533. The number of nitrogens with zero attached hydrogens (tertiary/aromatic N) is 2. The van der Waals surface area contributed by atoms with Gasteiger partial charge < -0.3 is 10.6 Å². The van der Waals surface area contributed by atoms with Crippen molar-refractivity contribution in [1.29, 1.82) is 0 Å². The molecule has 1 aliphatic heterocycles. The van der Waals surface area contributed by atoms with Crippen molar-refractivity contribution in [1.82, 2.24) is 9.80 Å². The van der Waals surface area contributed by atoms with Crippen molar-refractivity contribution >= 4 is 17.2 Å². The quantitative estimate of drug-likeness (QED) is 0.626. The first-order valence-electron chi connectivity index (χ1n) is 4.22. The predicted molar refractivity (Wildman–Crippen MR) is 55.3 cm³/mol. The molecule has 0 aromatic rings. The van der Waals surface area contributed by atoms with Gasteiger partial charge in [-0.2, -0.15) is 0 Å². The molecule has 0 saturated carbocycles. The topological polar surface area (TPSA) is 32.5 Å². The summed E-state index contributed by atoms with van der Waals surface area (Å²) in [6.45, 7) is 4.24. The zero-order chi connectivity index (χ0) is 9.30. The van der Waals surface area contributed by atoms with E-state index in [0.717, 1.165) is 13.1 Å². The highest BCUT2D eigenvalue weighted by atomic mass is 32.1. The van der Waals surface area contributed by atoms with Gasteiger partial charge in [0.1, 0.15) is 0 Å². The van der Waals surface area contributed by atoms with Crippen LogP contribution < -0.4 is 5.73 Å². The van der Waals surface area contributed by atoms with Crippen molar-refractivity contribution in [2.24, 2.45) is 5.73 Å². The molecule has 0 spiro atoms. The number of nitrogens with two attached hydrogens (primary N) is 1. The molecule has 0 amide bonds. The maximum absolute atomic E-state index is 5.54. The van der Waals surface area contributed by atoms with Crippen molar-refractivity contribution in [3.8, 4) is 0 Å². The van der Waals surface area contributed by atoms with Crippen LogP contribution in [0.15, 0.2) is 0 Å². The molecule has 1 fully saturated rings. The molecule has 3 nitrogen and oxygen atoms in total. The second-order valence-electron chi connectivity index (χ2n) is 3.65. The average molecular weight is 187 g/mol. The third-order valence-electron chi connectivity index (χ3n) is 2.58. The Kier molecular flexibility index (Phi) is 3.04. The highest BCUT2D eigenvalue weighted by Gasteiger charge is 2.32. The zero-order valence-corrected chi connectivity index (χ0v) is 8.77. The first kappa shape index (κ1) is 9.89. The van der Waals surface area contributed by atoms with Crippen LogP contribution in [0.25, 0.3) is 0 Å². The van der Waals surface area contributed by atoms with E-state index < -0.39 is 0 Å². The number of likely N-dealkylation sites (N-methyl/N-ethyl adjacent to an activating group) is 1. The number of thiocarbonyl (C=S) groups is 1. The normalized spacial score (nSPS) is 22.3. The molecule has 0 aromatic carbocycles. The van der Waals surface area contributed by atoms with Gasteiger partial charge in [0.25, 0.3) is 0 Å². The van der Waals surface area contributed by atoms with Gasteiger partial charge >= 0.3 is 0 Å². The van der Waals surface area contributed by atoms with Gasteiger partial charge in [0.05, 0.1) is 11.0 Å². The Morgan fingerprint density at radius 3 is 2.42 bits per heavy atom. The maximum Gasteiger partial charge on any atom is 0.0899 e. The number of rotatable bonds is 3. The summed E-state index contributed by atoms with van der Waals surface area (Å²) in [5.74, 6) is 0. The largest absolute Gasteiger partial charge is 0.392 e. The van der Waals surface area contributed by atoms with E-state index in [4.69, 9.17) is 18.0 Å².